The molecule has 0 radical (unpaired) electrons. The number of amides is 1. The van der Waals surface area contributed by atoms with Crippen LogP contribution in [0.4, 0.5) is 5.95 Å². The normalized spacial score (nSPS) is 20.6. The van der Waals surface area contributed by atoms with Gasteiger partial charge in [0.1, 0.15) is 6.42 Å². The number of carbonyl (C=O) groups excluding carboxylic acids is 1. The van der Waals surface area contributed by atoms with Gasteiger partial charge in [0.25, 0.3) is 0 Å². The van der Waals surface area contributed by atoms with Gasteiger partial charge in [0.05, 0.1) is 17.9 Å². The average molecular weight is 500 g/mol. The van der Waals surface area contributed by atoms with Gasteiger partial charge in [0, 0.05) is 43.2 Å². The highest BCUT2D eigenvalue weighted by Gasteiger charge is 2.29. The van der Waals surface area contributed by atoms with E-state index < -0.39 is 0 Å². The average Bonchev–Trinajstić information content (AvgIpc) is 3.67. The molecule has 0 saturated carbocycles. The molecular weight excluding hydrogens is 470 g/mol. The minimum atomic E-state index is -0.0121. The standard InChI is InChI=1S/C26H29N9O2/c36-24(35-8-7-20-22(14-35)31-34-30-20)12-23-32-33-25(37-23)17-5-6-18-13-27-26(29-21(18)11-17)28-19-9-15-3-1-2-4-16(15)10-19/h1-4,13,17,19,30-31,34H,5-12,14H2,(H,27,28,29)/t17-/m0/s1. The van der Waals surface area contributed by atoms with Crippen LogP contribution in [-0.4, -0.2) is 50.1 Å². The van der Waals surface area contributed by atoms with E-state index in [0.29, 0.717) is 36.9 Å². The van der Waals surface area contributed by atoms with Crippen molar-refractivity contribution in [3.63, 3.8) is 0 Å². The van der Waals surface area contributed by atoms with E-state index in [9.17, 15) is 4.79 Å². The van der Waals surface area contributed by atoms with Gasteiger partial charge >= 0.3 is 0 Å². The molecule has 0 saturated heterocycles. The first-order valence-corrected chi connectivity index (χ1v) is 12.9. The fraction of sp³-hybridized carbons (Fsp3) is 0.423. The third-order valence-electron chi connectivity index (χ3n) is 7.80. The van der Waals surface area contributed by atoms with Crippen LogP contribution >= 0.6 is 0 Å². The van der Waals surface area contributed by atoms with E-state index in [0.717, 1.165) is 55.6 Å². The predicted molar refractivity (Wildman–Crippen MR) is 134 cm³/mol. The number of fused-ring (bicyclic) bond motifs is 2. The lowest BCUT2D eigenvalue weighted by Crippen LogP contribution is -2.40. The summed E-state index contributed by atoms with van der Waals surface area (Å²) in [7, 11) is 0. The molecule has 0 unspecified atom stereocenters. The van der Waals surface area contributed by atoms with E-state index in [-0.39, 0.29) is 18.2 Å². The Morgan fingerprint density at radius 3 is 2.76 bits per heavy atom. The van der Waals surface area contributed by atoms with Crippen LogP contribution in [0.2, 0.25) is 0 Å². The second-order valence-corrected chi connectivity index (χ2v) is 10.2. The van der Waals surface area contributed by atoms with Crippen molar-refractivity contribution in [2.75, 3.05) is 18.4 Å². The van der Waals surface area contributed by atoms with Crippen LogP contribution in [0.25, 0.3) is 0 Å². The molecule has 2 aliphatic carbocycles. The molecule has 4 aliphatic rings. The number of hydrogen-bond acceptors (Lipinski definition) is 10. The molecule has 4 heterocycles. The maximum Gasteiger partial charge on any atom is 0.232 e. The van der Waals surface area contributed by atoms with E-state index in [1.807, 2.05) is 11.1 Å². The maximum atomic E-state index is 12.8. The minimum Gasteiger partial charge on any atom is -0.424 e. The third kappa shape index (κ3) is 4.39. The first kappa shape index (κ1) is 22.2. The molecule has 1 amide bonds. The van der Waals surface area contributed by atoms with Crippen molar-refractivity contribution in [1.29, 1.82) is 0 Å². The van der Waals surface area contributed by atoms with E-state index in [4.69, 9.17) is 9.40 Å². The fourth-order valence-electron chi connectivity index (χ4n) is 5.77. The zero-order chi connectivity index (χ0) is 24.8. The first-order valence-electron chi connectivity index (χ1n) is 12.9. The van der Waals surface area contributed by atoms with Gasteiger partial charge in [-0.2, -0.15) is 5.53 Å². The molecule has 11 nitrogen and oxygen atoms in total. The number of nitrogens with one attached hydrogen (secondary N) is 4. The number of nitrogens with zero attached hydrogens (tertiary/aromatic N) is 5. The zero-order valence-electron chi connectivity index (χ0n) is 20.5. The Balaban J connectivity index is 0.985. The Labute approximate surface area is 214 Å². The number of hydrazine groups is 2. The Bertz CT molecular complexity index is 1360. The first-order chi connectivity index (χ1) is 18.2. The van der Waals surface area contributed by atoms with Crippen molar-refractivity contribution in [2.24, 2.45) is 0 Å². The summed E-state index contributed by atoms with van der Waals surface area (Å²) >= 11 is 0. The molecule has 4 N–H and O–H groups in total. The number of carbonyl (C=O) groups is 1. The molecule has 0 spiro atoms. The molecule has 2 aliphatic heterocycles. The van der Waals surface area contributed by atoms with Gasteiger partial charge in [-0.25, -0.2) is 9.97 Å². The molecule has 37 heavy (non-hydrogen) atoms. The summed E-state index contributed by atoms with van der Waals surface area (Å²) in [5.74, 6) is 1.71. The van der Waals surface area contributed by atoms with E-state index in [2.05, 4.69) is 61.1 Å². The summed E-state index contributed by atoms with van der Waals surface area (Å²) in [6.45, 7) is 1.20. The molecule has 0 fully saturated rings. The van der Waals surface area contributed by atoms with Crippen molar-refractivity contribution in [1.82, 2.24) is 41.5 Å². The van der Waals surface area contributed by atoms with Gasteiger partial charge in [-0.15, -0.1) is 10.2 Å². The fourth-order valence-corrected chi connectivity index (χ4v) is 5.77. The monoisotopic (exact) mass is 499 g/mol. The van der Waals surface area contributed by atoms with Gasteiger partial charge in [0.2, 0.25) is 23.6 Å². The molecule has 1 atom stereocenters. The van der Waals surface area contributed by atoms with Gasteiger partial charge in [-0.3, -0.25) is 4.79 Å². The van der Waals surface area contributed by atoms with Crippen molar-refractivity contribution in [3.8, 4) is 0 Å². The third-order valence-corrected chi connectivity index (χ3v) is 7.80. The van der Waals surface area contributed by atoms with Gasteiger partial charge in [0.15, 0.2) is 0 Å². The topological polar surface area (TPSA) is 133 Å². The second kappa shape index (κ2) is 9.15. The highest BCUT2D eigenvalue weighted by Crippen LogP contribution is 2.32. The van der Waals surface area contributed by atoms with Crippen LogP contribution in [-0.2, 0) is 36.9 Å². The van der Waals surface area contributed by atoms with E-state index >= 15 is 0 Å². The van der Waals surface area contributed by atoms with Crippen LogP contribution < -0.4 is 21.7 Å². The lowest BCUT2D eigenvalue weighted by molar-refractivity contribution is -0.130. The molecule has 3 aromatic rings. The van der Waals surface area contributed by atoms with E-state index in [1.165, 1.54) is 16.7 Å². The minimum absolute atomic E-state index is 0.0121. The lowest BCUT2D eigenvalue weighted by atomic mass is 9.87. The summed E-state index contributed by atoms with van der Waals surface area (Å²) in [6, 6.07) is 8.90. The number of aromatic nitrogens is 4. The van der Waals surface area contributed by atoms with Gasteiger partial charge in [-0.05, 0) is 42.4 Å². The van der Waals surface area contributed by atoms with Crippen LogP contribution in [0.3, 0.4) is 0 Å². The highest BCUT2D eigenvalue weighted by atomic mass is 16.4. The van der Waals surface area contributed by atoms with Crippen molar-refractivity contribution >= 4 is 11.9 Å². The predicted octanol–water partition coefficient (Wildman–Crippen LogP) is 1.31. The smallest absolute Gasteiger partial charge is 0.232 e. The summed E-state index contributed by atoms with van der Waals surface area (Å²) < 4.78 is 5.98. The van der Waals surface area contributed by atoms with Gasteiger partial charge in [-0.1, -0.05) is 24.3 Å². The number of hydrogen-bond donors (Lipinski definition) is 4. The Morgan fingerprint density at radius 1 is 1.05 bits per heavy atom. The second-order valence-electron chi connectivity index (χ2n) is 10.2. The quantitative estimate of drug-likeness (QED) is 0.407. The summed E-state index contributed by atoms with van der Waals surface area (Å²) in [5.41, 5.74) is 16.1. The zero-order valence-corrected chi connectivity index (χ0v) is 20.5. The molecule has 2 aromatic heterocycles. The van der Waals surface area contributed by atoms with Crippen molar-refractivity contribution in [2.45, 2.75) is 56.9 Å². The lowest BCUT2D eigenvalue weighted by Gasteiger charge is -2.26. The molecule has 11 heteroatoms. The maximum absolute atomic E-state index is 12.8. The Morgan fingerprint density at radius 2 is 1.89 bits per heavy atom. The highest BCUT2D eigenvalue weighted by molar-refractivity contribution is 5.78. The largest absolute Gasteiger partial charge is 0.424 e. The number of benzene rings is 1. The number of anilines is 1. The van der Waals surface area contributed by atoms with Crippen molar-refractivity contribution < 1.29 is 9.21 Å². The summed E-state index contributed by atoms with van der Waals surface area (Å²) in [6.07, 6.45) is 7.31. The molecule has 7 rings (SSSR count). The Hall–Kier alpha value is -3.99. The van der Waals surface area contributed by atoms with Crippen LogP contribution in [0.15, 0.2) is 46.3 Å². The molecule has 0 bridgehead atoms. The van der Waals surface area contributed by atoms with Crippen LogP contribution in [0.5, 0.6) is 0 Å². The van der Waals surface area contributed by atoms with Crippen LogP contribution in [0.1, 0.15) is 52.9 Å². The Kier molecular flexibility index (Phi) is 5.49. The molecule has 190 valence electrons. The van der Waals surface area contributed by atoms with Gasteiger partial charge < -0.3 is 25.5 Å². The summed E-state index contributed by atoms with van der Waals surface area (Å²) in [4.78, 5) is 24.1. The number of aryl methyl sites for hydroxylation is 1. The van der Waals surface area contributed by atoms with Crippen LogP contribution in [0, 0.1) is 0 Å². The SMILES string of the molecule is O=C(Cc1nnc([C@H]2CCc3cnc(NC4Cc5ccccc5C4)nc3C2)o1)N1CCC2=C(C1)NNN2. The molecular formula is C26H29N9O2. The number of rotatable bonds is 5. The summed E-state index contributed by atoms with van der Waals surface area (Å²) in [5, 5.41) is 12.0. The molecule has 1 aromatic carbocycles. The van der Waals surface area contributed by atoms with Crippen molar-refractivity contribution in [3.05, 3.63) is 76.0 Å². The van der Waals surface area contributed by atoms with E-state index in [1.54, 1.807) is 0 Å².